The molecule has 1 saturated carbocycles. The van der Waals surface area contributed by atoms with Crippen LogP contribution in [0.4, 0.5) is 5.69 Å². The molecule has 9 heteroatoms. The third-order valence-corrected chi connectivity index (χ3v) is 5.47. The summed E-state index contributed by atoms with van der Waals surface area (Å²) in [7, 11) is 0. The Morgan fingerprint density at radius 1 is 1.00 bits per heavy atom. The molecule has 2 atom stereocenters. The molecule has 0 heterocycles. The molecule has 1 aliphatic rings. The molecule has 2 aromatic carbocycles. The van der Waals surface area contributed by atoms with Crippen molar-refractivity contribution < 1.29 is 24.7 Å². The highest BCUT2D eigenvalue weighted by Gasteiger charge is 2.25. The van der Waals surface area contributed by atoms with E-state index in [2.05, 4.69) is 16.0 Å². The number of nitrogens with one attached hydrogen (secondary N) is 4. The van der Waals surface area contributed by atoms with Crippen LogP contribution in [0.5, 0.6) is 0 Å². The van der Waals surface area contributed by atoms with Gasteiger partial charge in [-0.2, -0.15) is 0 Å². The van der Waals surface area contributed by atoms with Crippen LogP contribution in [0.25, 0.3) is 11.1 Å². The second-order valence-corrected chi connectivity index (χ2v) is 7.88. The van der Waals surface area contributed by atoms with Gasteiger partial charge in [0.2, 0.25) is 5.91 Å². The molecule has 32 heavy (non-hydrogen) atoms. The minimum Gasteiger partial charge on any atom is -0.391 e. The highest BCUT2D eigenvalue weighted by Crippen LogP contribution is 2.22. The fourth-order valence-corrected chi connectivity index (χ4v) is 3.31. The zero-order valence-electron chi connectivity index (χ0n) is 17.8. The zero-order chi connectivity index (χ0) is 23.1. The molecule has 1 fully saturated rings. The summed E-state index contributed by atoms with van der Waals surface area (Å²) in [6.45, 7) is 1.63. The first kappa shape index (κ1) is 23.4. The van der Waals surface area contributed by atoms with Crippen LogP contribution in [0, 0.1) is 0 Å². The van der Waals surface area contributed by atoms with E-state index in [1.165, 1.54) is 18.8 Å². The third kappa shape index (κ3) is 6.13. The predicted octanol–water partition coefficient (Wildman–Crippen LogP) is 1.42. The number of anilines is 1. The fraction of sp³-hybridized carbons (Fsp3) is 0.348. The molecule has 0 radical (unpaired) electrons. The van der Waals surface area contributed by atoms with Gasteiger partial charge in [0, 0.05) is 17.3 Å². The van der Waals surface area contributed by atoms with Crippen molar-refractivity contribution in [3.63, 3.8) is 0 Å². The number of hydroxylamine groups is 1. The fourth-order valence-electron chi connectivity index (χ4n) is 3.31. The molecule has 9 nitrogen and oxygen atoms in total. The lowest BCUT2D eigenvalue weighted by Gasteiger charge is -2.26. The molecule has 170 valence electrons. The Morgan fingerprint density at radius 3 is 2.09 bits per heavy atom. The lowest BCUT2D eigenvalue weighted by molar-refractivity contribution is -0.133. The monoisotopic (exact) mass is 440 g/mol. The van der Waals surface area contributed by atoms with Crippen LogP contribution in [0.1, 0.15) is 36.5 Å². The molecule has 0 unspecified atom stereocenters. The summed E-state index contributed by atoms with van der Waals surface area (Å²) >= 11 is 0. The molecule has 0 bridgehead atoms. The Kier molecular flexibility index (Phi) is 7.93. The Morgan fingerprint density at radius 2 is 1.59 bits per heavy atom. The lowest BCUT2D eigenvalue weighted by Crippen LogP contribution is -2.51. The van der Waals surface area contributed by atoms with Crippen molar-refractivity contribution in [2.45, 2.75) is 44.4 Å². The molecule has 0 aliphatic heterocycles. The van der Waals surface area contributed by atoms with Gasteiger partial charge in [0.25, 0.3) is 11.8 Å². The summed E-state index contributed by atoms with van der Waals surface area (Å²) in [6, 6.07) is 13.3. The predicted molar refractivity (Wildman–Crippen MR) is 119 cm³/mol. The van der Waals surface area contributed by atoms with E-state index in [1.807, 2.05) is 24.3 Å². The first-order valence-electron chi connectivity index (χ1n) is 10.5. The van der Waals surface area contributed by atoms with Crippen molar-refractivity contribution in [3.05, 3.63) is 54.1 Å². The molecule has 0 spiro atoms. The highest BCUT2D eigenvalue weighted by molar-refractivity contribution is 5.98. The maximum atomic E-state index is 12.4. The minimum absolute atomic E-state index is 0.0783. The van der Waals surface area contributed by atoms with Gasteiger partial charge in [0.1, 0.15) is 6.04 Å². The van der Waals surface area contributed by atoms with E-state index in [1.54, 1.807) is 24.3 Å². The van der Waals surface area contributed by atoms with E-state index < -0.39 is 24.0 Å². The number of rotatable bonds is 9. The van der Waals surface area contributed by atoms with Crippen LogP contribution in [0.3, 0.4) is 0 Å². The first-order chi connectivity index (χ1) is 15.4. The summed E-state index contributed by atoms with van der Waals surface area (Å²) < 4.78 is 0. The van der Waals surface area contributed by atoms with Crippen molar-refractivity contribution in [2.24, 2.45) is 0 Å². The van der Waals surface area contributed by atoms with Gasteiger partial charge < -0.3 is 21.1 Å². The number of hydrogen-bond donors (Lipinski definition) is 6. The maximum absolute atomic E-state index is 12.4. The summed E-state index contributed by atoms with van der Waals surface area (Å²) in [5.74, 6) is -1.54. The van der Waals surface area contributed by atoms with E-state index in [0.29, 0.717) is 23.8 Å². The van der Waals surface area contributed by atoms with Crippen molar-refractivity contribution in [3.8, 4) is 11.1 Å². The number of amides is 3. The van der Waals surface area contributed by atoms with E-state index in [-0.39, 0.29) is 5.91 Å². The standard InChI is InChI=1S/C23H28N4O5/c1-14(28)21(23(31)27-32)26-22(30)17-7-5-15(6-8-17)16-9-11-19(12-10-16)25-20(29)13-24-18-3-2-4-18/h5-12,14,18,21,24,28,32H,2-4,13H2,1H3,(H,25,29)(H,26,30)(H,27,31)/t14-,21+/m1/s1. The van der Waals surface area contributed by atoms with E-state index in [9.17, 15) is 19.5 Å². The van der Waals surface area contributed by atoms with Gasteiger partial charge in [0.15, 0.2) is 0 Å². The molecule has 3 rings (SSSR count). The summed E-state index contributed by atoms with van der Waals surface area (Å²) in [5.41, 5.74) is 4.20. The quantitative estimate of drug-likeness (QED) is 0.257. The van der Waals surface area contributed by atoms with Crippen molar-refractivity contribution >= 4 is 23.4 Å². The van der Waals surface area contributed by atoms with Gasteiger partial charge in [-0.1, -0.05) is 30.7 Å². The third-order valence-electron chi connectivity index (χ3n) is 5.47. The maximum Gasteiger partial charge on any atom is 0.268 e. The topological polar surface area (TPSA) is 140 Å². The average Bonchev–Trinajstić information content (AvgIpc) is 2.76. The van der Waals surface area contributed by atoms with Gasteiger partial charge in [0.05, 0.1) is 12.6 Å². The van der Waals surface area contributed by atoms with Crippen molar-refractivity contribution in [2.75, 3.05) is 11.9 Å². The average molecular weight is 441 g/mol. The van der Waals surface area contributed by atoms with Gasteiger partial charge in [-0.15, -0.1) is 0 Å². The first-order valence-corrected chi connectivity index (χ1v) is 10.5. The van der Waals surface area contributed by atoms with Crippen molar-refractivity contribution in [1.82, 2.24) is 16.1 Å². The Bertz CT molecular complexity index is 940. The van der Waals surface area contributed by atoms with Gasteiger partial charge in [-0.3, -0.25) is 19.6 Å². The number of aliphatic hydroxyl groups is 1. The van der Waals surface area contributed by atoms with Crippen molar-refractivity contribution in [1.29, 1.82) is 0 Å². The summed E-state index contributed by atoms with van der Waals surface area (Å²) in [5, 5.41) is 26.8. The number of carbonyl (C=O) groups excluding carboxylic acids is 3. The largest absolute Gasteiger partial charge is 0.391 e. The van der Waals surface area contributed by atoms with Gasteiger partial charge in [-0.05, 0) is 55.2 Å². The zero-order valence-corrected chi connectivity index (χ0v) is 17.8. The Labute approximate surface area is 186 Å². The Balaban J connectivity index is 1.57. The molecule has 1 aliphatic carbocycles. The Hall–Kier alpha value is -3.27. The molecular weight excluding hydrogens is 412 g/mol. The van der Waals surface area contributed by atoms with Crippen LogP contribution < -0.4 is 21.4 Å². The molecule has 3 amide bonds. The van der Waals surface area contributed by atoms with Gasteiger partial charge >= 0.3 is 0 Å². The highest BCUT2D eigenvalue weighted by atomic mass is 16.5. The molecule has 0 aromatic heterocycles. The second kappa shape index (κ2) is 10.9. The van der Waals surface area contributed by atoms with Gasteiger partial charge in [-0.25, -0.2) is 5.48 Å². The number of aliphatic hydroxyl groups excluding tert-OH is 1. The van der Waals surface area contributed by atoms with E-state index in [0.717, 1.165) is 24.0 Å². The number of carbonyl (C=O) groups is 3. The molecule has 2 aromatic rings. The summed E-state index contributed by atoms with van der Waals surface area (Å²) in [4.78, 5) is 36.0. The van der Waals surface area contributed by atoms with E-state index in [4.69, 9.17) is 5.21 Å². The second-order valence-electron chi connectivity index (χ2n) is 7.88. The van der Waals surface area contributed by atoms with E-state index >= 15 is 0 Å². The smallest absolute Gasteiger partial charge is 0.268 e. The minimum atomic E-state index is -1.28. The van der Waals surface area contributed by atoms with Crippen LogP contribution in [-0.4, -0.2) is 52.8 Å². The molecular formula is C23H28N4O5. The normalized spacial score (nSPS) is 15.2. The molecule has 6 N–H and O–H groups in total. The lowest BCUT2D eigenvalue weighted by atomic mass is 9.93. The van der Waals surface area contributed by atoms with Crippen LogP contribution in [0.2, 0.25) is 0 Å². The summed E-state index contributed by atoms with van der Waals surface area (Å²) in [6.07, 6.45) is 2.29. The van der Waals surface area contributed by atoms with Crippen LogP contribution >= 0.6 is 0 Å². The number of benzene rings is 2. The number of hydrogen-bond acceptors (Lipinski definition) is 6. The SMILES string of the molecule is C[C@@H](O)[C@H](NC(=O)c1ccc(-c2ccc(NC(=O)CNC3CCC3)cc2)cc1)C(=O)NO. The molecule has 0 saturated heterocycles. The van der Waals surface area contributed by atoms with Crippen LogP contribution in [0.15, 0.2) is 48.5 Å². The van der Waals surface area contributed by atoms with Crippen LogP contribution in [-0.2, 0) is 9.59 Å².